The number of carbonyl (C=O) groups excluding carboxylic acids is 1. The molecule has 3 rings (SSSR count). The first-order chi connectivity index (χ1) is 15.3. The number of hydrogen-bond acceptors (Lipinski definition) is 4. The van der Waals surface area contributed by atoms with Crippen LogP contribution in [0.1, 0.15) is 29.8 Å². The Morgan fingerprint density at radius 1 is 0.875 bits per heavy atom. The van der Waals surface area contributed by atoms with E-state index >= 15 is 0 Å². The Kier molecular flexibility index (Phi) is 7.53. The second-order valence-corrected chi connectivity index (χ2v) is 9.70. The van der Waals surface area contributed by atoms with Gasteiger partial charge in [-0.15, -0.1) is 0 Å². The molecule has 0 saturated heterocycles. The minimum atomic E-state index is -3.74. The van der Waals surface area contributed by atoms with Crippen molar-refractivity contribution in [1.29, 1.82) is 0 Å². The Bertz CT molecular complexity index is 1140. The van der Waals surface area contributed by atoms with E-state index in [1.54, 1.807) is 12.1 Å². The third-order valence-electron chi connectivity index (χ3n) is 5.23. The monoisotopic (exact) mass is 451 g/mol. The number of benzene rings is 3. The summed E-state index contributed by atoms with van der Waals surface area (Å²) in [5.41, 5.74) is 2.76. The summed E-state index contributed by atoms with van der Waals surface area (Å²) in [7, 11) is -3.74. The second kappa shape index (κ2) is 10.3. The summed E-state index contributed by atoms with van der Waals surface area (Å²) < 4.78 is 27.9. The maximum atomic E-state index is 12.7. The highest BCUT2D eigenvalue weighted by atomic mass is 32.2. The molecule has 168 valence electrons. The van der Waals surface area contributed by atoms with E-state index in [9.17, 15) is 13.2 Å². The van der Waals surface area contributed by atoms with Gasteiger partial charge in [0.2, 0.25) is 0 Å². The normalized spacial score (nSPS) is 12.2. The van der Waals surface area contributed by atoms with Crippen LogP contribution in [0, 0.1) is 12.8 Å². The number of sulfonamides is 1. The zero-order chi connectivity index (χ0) is 23.1. The standard InChI is InChI=1S/C25H29N3O3S/c1-18(2)24(27-21-10-5-4-6-11-21)17-26-25(29)20-13-15-22(16-14-20)32(30,31)28-23-12-8-7-9-19(23)3/h4-16,18,24,27-28H,17H2,1-3H3,(H,26,29). The highest BCUT2D eigenvalue weighted by molar-refractivity contribution is 7.92. The van der Waals surface area contributed by atoms with Crippen LogP contribution in [-0.2, 0) is 10.0 Å². The smallest absolute Gasteiger partial charge is 0.261 e. The van der Waals surface area contributed by atoms with Gasteiger partial charge in [0.25, 0.3) is 15.9 Å². The van der Waals surface area contributed by atoms with E-state index < -0.39 is 10.0 Å². The summed E-state index contributed by atoms with van der Waals surface area (Å²) in [6.07, 6.45) is 0. The van der Waals surface area contributed by atoms with E-state index in [4.69, 9.17) is 0 Å². The van der Waals surface area contributed by atoms with Gasteiger partial charge in [-0.3, -0.25) is 9.52 Å². The predicted octanol–water partition coefficient (Wildman–Crippen LogP) is 4.66. The summed E-state index contributed by atoms with van der Waals surface area (Å²) >= 11 is 0. The van der Waals surface area contributed by atoms with Gasteiger partial charge < -0.3 is 10.6 Å². The molecule has 32 heavy (non-hydrogen) atoms. The molecular formula is C25H29N3O3S. The number of rotatable bonds is 9. The first-order valence-corrected chi connectivity index (χ1v) is 12.0. The number of carbonyl (C=O) groups is 1. The van der Waals surface area contributed by atoms with Crippen molar-refractivity contribution >= 4 is 27.3 Å². The third kappa shape index (κ3) is 6.11. The van der Waals surface area contributed by atoms with Crippen molar-refractivity contribution in [3.8, 4) is 0 Å². The van der Waals surface area contributed by atoms with Crippen molar-refractivity contribution in [2.45, 2.75) is 31.7 Å². The summed E-state index contributed by atoms with van der Waals surface area (Å²) in [6.45, 7) is 6.46. The van der Waals surface area contributed by atoms with Gasteiger partial charge in [0.15, 0.2) is 0 Å². The van der Waals surface area contributed by atoms with Crippen LogP contribution in [0.5, 0.6) is 0 Å². The minimum Gasteiger partial charge on any atom is -0.380 e. The Hall–Kier alpha value is -3.32. The van der Waals surface area contributed by atoms with Gasteiger partial charge in [-0.05, 0) is 60.9 Å². The van der Waals surface area contributed by atoms with Crippen LogP contribution < -0.4 is 15.4 Å². The van der Waals surface area contributed by atoms with Crippen LogP contribution >= 0.6 is 0 Å². The molecule has 1 unspecified atom stereocenters. The predicted molar refractivity (Wildman–Crippen MR) is 129 cm³/mol. The second-order valence-electron chi connectivity index (χ2n) is 8.02. The van der Waals surface area contributed by atoms with Gasteiger partial charge in [0.1, 0.15) is 0 Å². The summed E-state index contributed by atoms with van der Waals surface area (Å²) in [4.78, 5) is 12.7. The lowest BCUT2D eigenvalue weighted by Crippen LogP contribution is -2.39. The van der Waals surface area contributed by atoms with Crippen LogP contribution in [0.3, 0.4) is 0 Å². The molecule has 0 fully saturated rings. The van der Waals surface area contributed by atoms with E-state index in [2.05, 4.69) is 29.2 Å². The molecule has 1 amide bonds. The number of hydrogen-bond donors (Lipinski definition) is 3. The molecule has 0 aromatic heterocycles. The van der Waals surface area contributed by atoms with E-state index in [1.165, 1.54) is 24.3 Å². The van der Waals surface area contributed by atoms with E-state index in [0.717, 1.165) is 11.3 Å². The lowest BCUT2D eigenvalue weighted by molar-refractivity contribution is 0.0950. The number of nitrogens with one attached hydrogen (secondary N) is 3. The van der Waals surface area contributed by atoms with Crippen LogP contribution in [-0.4, -0.2) is 26.9 Å². The number of para-hydroxylation sites is 2. The van der Waals surface area contributed by atoms with Crippen molar-refractivity contribution < 1.29 is 13.2 Å². The lowest BCUT2D eigenvalue weighted by Gasteiger charge is -2.24. The summed E-state index contributed by atoms with van der Waals surface area (Å²) in [5, 5.41) is 6.38. The zero-order valence-corrected chi connectivity index (χ0v) is 19.3. The number of amides is 1. The Balaban J connectivity index is 1.63. The highest BCUT2D eigenvalue weighted by Gasteiger charge is 2.18. The summed E-state index contributed by atoms with van der Waals surface area (Å²) in [6, 6.07) is 23.0. The Labute approximate surface area is 190 Å². The number of anilines is 2. The highest BCUT2D eigenvalue weighted by Crippen LogP contribution is 2.20. The van der Waals surface area contributed by atoms with Crippen molar-refractivity contribution in [1.82, 2.24) is 5.32 Å². The van der Waals surface area contributed by atoms with Gasteiger partial charge in [-0.25, -0.2) is 8.42 Å². The van der Waals surface area contributed by atoms with Gasteiger partial charge in [-0.1, -0.05) is 50.2 Å². The average Bonchev–Trinajstić information content (AvgIpc) is 2.78. The van der Waals surface area contributed by atoms with Crippen molar-refractivity contribution in [2.24, 2.45) is 5.92 Å². The maximum absolute atomic E-state index is 12.7. The largest absolute Gasteiger partial charge is 0.380 e. The van der Waals surface area contributed by atoms with Gasteiger partial charge >= 0.3 is 0 Å². The summed E-state index contributed by atoms with van der Waals surface area (Å²) in [5.74, 6) is 0.0527. The molecule has 0 aliphatic heterocycles. The van der Waals surface area contributed by atoms with Crippen molar-refractivity contribution in [3.63, 3.8) is 0 Å². The molecule has 3 N–H and O–H groups in total. The van der Waals surface area contributed by atoms with Crippen molar-refractivity contribution in [3.05, 3.63) is 90.0 Å². The third-order valence-corrected chi connectivity index (χ3v) is 6.61. The van der Waals surface area contributed by atoms with Crippen LogP contribution in [0.15, 0.2) is 83.8 Å². The molecule has 3 aromatic carbocycles. The first-order valence-electron chi connectivity index (χ1n) is 10.5. The molecule has 6 nitrogen and oxygen atoms in total. The molecule has 0 saturated carbocycles. The fourth-order valence-corrected chi connectivity index (χ4v) is 4.31. The minimum absolute atomic E-state index is 0.0549. The molecule has 1 atom stereocenters. The first kappa shape index (κ1) is 23.3. The molecule has 0 aliphatic rings. The van der Waals surface area contributed by atoms with Crippen LogP contribution in [0.25, 0.3) is 0 Å². The molecule has 7 heteroatoms. The molecule has 0 bridgehead atoms. The molecular weight excluding hydrogens is 422 g/mol. The van der Waals surface area contributed by atoms with E-state index in [0.29, 0.717) is 23.7 Å². The molecule has 0 radical (unpaired) electrons. The topological polar surface area (TPSA) is 87.3 Å². The lowest BCUT2D eigenvalue weighted by atomic mass is 10.0. The maximum Gasteiger partial charge on any atom is 0.261 e. The van der Waals surface area contributed by atoms with E-state index in [-0.39, 0.29) is 16.8 Å². The average molecular weight is 452 g/mol. The molecule has 3 aromatic rings. The van der Waals surface area contributed by atoms with Gasteiger partial charge in [-0.2, -0.15) is 0 Å². The Morgan fingerprint density at radius 3 is 2.12 bits per heavy atom. The van der Waals surface area contributed by atoms with Gasteiger partial charge in [0.05, 0.1) is 10.6 Å². The van der Waals surface area contributed by atoms with E-state index in [1.807, 2.05) is 49.4 Å². The van der Waals surface area contributed by atoms with Crippen LogP contribution in [0.2, 0.25) is 0 Å². The SMILES string of the molecule is Cc1ccccc1NS(=O)(=O)c1ccc(C(=O)NCC(Nc2ccccc2)C(C)C)cc1. The Morgan fingerprint density at radius 2 is 1.50 bits per heavy atom. The van der Waals surface area contributed by atoms with Crippen LogP contribution in [0.4, 0.5) is 11.4 Å². The van der Waals surface area contributed by atoms with Gasteiger partial charge in [0, 0.05) is 23.8 Å². The quantitative estimate of drug-likeness (QED) is 0.441. The fraction of sp³-hybridized carbons (Fsp3) is 0.240. The molecule has 0 aliphatic carbocycles. The number of aryl methyl sites for hydroxylation is 1. The zero-order valence-electron chi connectivity index (χ0n) is 18.5. The molecule has 0 heterocycles. The fourth-order valence-electron chi connectivity index (χ4n) is 3.18. The molecule has 0 spiro atoms. The van der Waals surface area contributed by atoms with Crippen molar-refractivity contribution in [2.75, 3.05) is 16.6 Å².